The molecule has 0 spiro atoms. The third-order valence-electron chi connectivity index (χ3n) is 2.26. The van der Waals surface area contributed by atoms with Crippen molar-refractivity contribution in [2.45, 2.75) is 32.4 Å². The van der Waals surface area contributed by atoms with Gasteiger partial charge in [0.2, 0.25) is 0 Å². The number of urea groups is 1. The molecule has 1 rings (SSSR count). The number of rotatable bonds is 5. The number of hydrogen-bond acceptors (Lipinski definition) is 3. The molecular formula is C11H18N2O3. The molecule has 90 valence electrons. The zero-order valence-electron chi connectivity index (χ0n) is 9.56. The first-order chi connectivity index (χ1) is 7.63. The average molecular weight is 226 g/mol. The minimum absolute atomic E-state index is 0.0474. The lowest BCUT2D eigenvalue weighted by atomic mass is 10.2. The van der Waals surface area contributed by atoms with E-state index in [0.717, 1.165) is 0 Å². The first kappa shape index (κ1) is 12.6. The Morgan fingerprint density at radius 1 is 1.50 bits per heavy atom. The predicted octanol–water partition coefficient (Wildman–Crippen LogP) is 1.41. The number of aliphatic hydroxyl groups is 1. The minimum Gasteiger partial charge on any atom is -0.467 e. The van der Waals surface area contributed by atoms with Crippen LogP contribution in [0.25, 0.3) is 0 Å². The van der Waals surface area contributed by atoms with Crippen molar-refractivity contribution >= 4 is 6.03 Å². The maximum absolute atomic E-state index is 11.5. The summed E-state index contributed by atoms with van der Waals surface area (Å²) in [6.07, 6.45) is 2.11. The van der Waals surface area contributed by atoms with Crippen LogP contribution >= 0.6 is 0 Å². The summed E-state index contributed by atoms with van der Waals surface area (Å²) < 4.78 is 5.17. The van der Waals surface area contributed by atoms with Crippen molar-refractivity contribution in [1.82, 2.24) is 10.6 Å². The Bertz CT molecular complexity index is 311. The second-order valence-corrected chi connectivity index (χ2v) is 3.77. The van der Waals surface area contributed by atoms with Gasteiger partial charge in [-0.25, -0.2) is 4.79 Å². The fraction of sp³-hybridized carbons (Fsp3) is 0.545. The lowest BCUT2D eigenvalue weighted by Gasteiger charge is -2.16. The highest BCUT2D eigenvalue weighted by atomic mass is 16.3. The van der Waals surface area contributed by atoms with Gasteiger partial charge in [0, 0.05) is 12.6 Å². The molecule has 0 aliphatic carbocycles. The third kappa shape index (κ3) is 3.94. The van der Waals surface area contributed by atoms with Gasteiger partial charge in [0.05, 0.1) is 12.3 Å². The Balaban J connectivity index is 2.34. The maximum atomic E-state index is 11.5. The number of nitrogens with one attached hydrogen (secondary N) is 2. The van der Waals surface area contributed by atoms with E-state index in [9.17, 15) is 4.79 Å². The molecule has 5 heteroatoms. The minimum atomic E-state index is -0.259. The number of furan rings is 1. The van der Waals surface area contributed by atoms with Crippen LogP contribution in [0.3, 0.4) is 0 Å². The molecular weight excluding hydrogens is 208 g/mol. The first-order valence-corrected chi connectivity index (χ1v) is 5.34. The molecule has 0 bridgehead atoms. The van der Waals surface area contributed by atoms with Crippen LogP contribution < -0.4 is 10.6 Å². The van der Waals surface area contributed by atoms with E-state index in [4.69, 9.17) is 9.52 Å². The second-order valence-electron chi connectivity index (χ2n) is 3.77. The van der Waals surface area contributed by atoms with Crippen LogP contribution in [0.5, 0.6) is 0 Å². The highest BCUT2D eigenvalue weighted by Gasteiger charge is 2.12. The Kier molecular flexibility index (Phi) is 4.85. The van der Waals surface area contributed by atoms with Crippen molar-refractivity contribution in [1.29, 1.82) is 0 Å². The first-order valence-electron chi connectivity index (χ1n) is 5.34. The zero-order chi connectivity index (χ0) is 12.0. The molecule has 0 saturated carbocycles. The molecule has 5 nitrogen and oxygen atoms in total. The van der Waals surface area contributed by atoms with Gasteiger partial charge >= 0.3 is 6.03 Å². The summed E-state index contributed by atoms with van der Waals surface area (Å²) in [4.78, 5) is 11.5. The quantitative estimate of drug-likeness (QED) is 0.710. The van der Waals surface area contributed by atoms with Gasteiger partial charge in [-0.2, -0.15) is 0 Å². The van der Waals surface area contributed by atoms with Gasteiger partial charge in [0.15, 0.2) is 0 Å². The highest BCUT2D eigenvalue weighted by Crippen LogP contribution is 2.11. The van der Waals surface area contributed by atoms with E-state index in [1.807, 2.05) is 19.9 Å². The molecule has 0 saturated heterocycles. The van der Waals surface area contributed by atoms with E-state index in [-0.39, 0.29) is 24.7 Å². The van der Waals surface area contributed by atoms with E-state index >= 15 is 0 Å². The lowest BCUT2D eigenvalue weighted by molar-refractivity contribution is 0.227. The number of aliphatic hydroxyl groups excluding tert-OH is 1. The summed E-state index contributed by atoms with van der Waals surface area (Å²) in [5.74, 6) is 0.713. The van der Waals surface area contributed by atoms with Crippen molar-refractivity contribution in [3.63, 3.8) is 0 Å². The molecule has 1 unspecified atom stereocenters. The largest absolute Gasteiger partial charge is 0.467 e. The van der Waals surface area contributed by atoms with E-state index < -0.39 is 0 Å². The van der Waals surface area contributed by atoms with Gasteiger partial charge in [-0.15, -0.1) is 0 Å². The Hall–Kier alpha value is -1.49. The molecule has 2 atom stereocenters. The summed E-state index contributed by atoms with van der Waals surface area (Å²) in [7, 11) is 0. The van der Waals surface area contributed by atoms with Gasteiger partial charge < -0.3 is 20.2 Å². The number of carbonyl (C=O) groups is 1. The molecule has 0 aliphatic rings. The normalized spacial score (nSPS) is 14.2. The zero-order valence-corrected chi connectivity index (χ0v) is 9.56. The van der Waals surface area contributed by atoms with Gasteiger partial charge in [-0.3, -0.25) is 0 Å². The number of hydrogen-bond donors (Lipinski definition) is 3. The molecule has 3 N–H and O–H groups in total. The average Bonchev–Trinajstić information content (AvgIpc) is 2.69. The highest BCUT2D eigenvalue weighted by molar-refractivity contribution is 5.74. The van der Waals surface area contributed by atoms with Crippen LogP contribution in [-0.4, -0.2) is 23.8 Å². The van der Waals surface area contributed by atoms with Gasteiger partial charge in [0.25, 0.3) is 0 Å². The molecule has 0 aromatic carbocycles. The third-order valence-corrected chi connectivity index (χ3v) is 2.26. The second kappa shape index (κ2) is 6.17. The fourth-order valence-electron chi connectivity index (χ4n) is 1.34. The predicted molar refractivity (Wildman–Crippen MR) is 60.0 cm³/mol. The van der Waals surface area contributed by atoms with Crippen LogP contribution in [0.4, 0.5) is 4.79 Å². The van der Waals surface area contributed by atoms with Gasteiger partial charge in [0.1, 0.15) is 5.76 Å². The van der Waals surface area contributed by atoms with Crippen molar-refractivity contribution in [3.05, 3.63) is 24.2 Å². The van der Waals surface area contributed by atoms with Gasteiger partial charge in [-0.1, -0.05) is 0 Å². The molecule has 1 heterocycles. The van der Waals surface area contributed by atoms with Gasteiger partial charge in [-0.05, 0) is 32.4 Å². The van der Waals surface area contributed by atoms with Crippen LogP contribution in [0.15, 0.2) is 22.8 Å². The summed E-state index contributed by atoms with van der Waals surface area (Å²) in [6, 6.07) is 3.11. The van der Waals surface area contributed by atoms with E-state index in [0.29, 0.717) is 12.2 Å². The van der Waals surface area contributed by atoms with E-state index in [1.54, 1.807) is 12.3 Å². The molecule has 1 aromatic heterocycles. The standard InChI is InChI=1S/C11H18N2O3/c1-8(5-6-14)12-11(15)13-9(2)10-4-3-7-16-10/h3-4,7-9,14H,5-6H2,1-2H3,(H2,12,13,15)/t8-,9?/m1/s1. The van der Waals surface area contributed by atoms with Crippen LogP contribution in [-0.2, 0) is 0 Å². The molecule has 1 aromatic rings. The van der Waals surface area contributed by atoms with E-state index in [1.165, 1.54) is 0 Å². The van der Waals surface area contributed by atoms with E-state index in [2.05, 4.69) is 10.6 Å². The summed E-state index contributed by atoms with van der Waals surface area (Å²) in [5.41, 5.74) is 0. The Labute approximate surface area is 94.8 Å². The van der Waals surface area contributed by atoms with Crippen LogP contribution in [0, 0.1) is 0 Å². The Morgan fingerprint density at radius 3 is 2.81 bits per heavy atom. The van der Waals surface area contributed by atoms with Crippen LogP contribution in [0.1, 0.15) is 32.1 Å². The molecule has 2 amide bonds. The summed E-state index contributed by atoms with van der Waals surface area (Å²) in [6.45, 7) is 3.75. The van der Waals surface area contributed by atoms with Crippen LogP contribution in [0.2, 0.25) is 0 Å². The molecule has 16 heavy (non-hydrogen) atoms. The fourth-order valence-corrected chi connectivity index (χ4v) is 1.34. The maximum Gasteiger partial charge on any atom is 0.315 e. The SMILES string of the molecule is CC(NC(=O)N[C@H](C)CCO)c1ccco1. The Morgan fingerprint density at radius 2 is 2.25 bits per heavy atom. The smallest absolute Gasteiger partial charge is 0.315 e. The molecule has 0 radical (unpaired) electrons. The van der Waals surface area contributed by atoms with Crippen molar-refractivity contribution in [2.75, 3.05) is 6.61 Å². The molecule has 0 fully saturated rings. The summed E-state index contributed by atoms with van der Waals surface area (Å²) >= 11 is 0. The lowest BCUT2D eigenvalue weighted by Crippen LogP contribution is -2.42. The molecule has 0 aliphatic heterocycles. The monoisotopic (exact) mass is 226 g/mol. The van der Waals surface area contributed by atoms with Crippen molar-refractivity contribution in [2.24, 2.45) is 0 Å². The summed E-state index contributed by atoms with van der Waals surface area (Å²) in [5, 5.41) is 14.2. The topological polar surface area (TPSA) is 74.5 Å². The van der Waals surface area contributed by atoms with Crippen molar-refractivity contribution in [3.8, 4) is 0 Å². The van der Waals surface area contributed by atoms with Crippen molar-refractivity contribution < 1.29 is 14.3 Å². The number of amides is 2. The number of carbonyl (C=O) groups excluding carboxylic acids is 1.